The zero-order chi connectivity index (χ0) is 41.8. The molecule has 11 rings (SSSR count). The molecule has 3 aliphatic heterocycles. The minimum absolute atomic E-state index is 0.00601. The summed E-state index contributed by atoms with van der Waals surface area (Å²) in [6, 6.07) is 68.1. The predicted octanol–water partition coefficient (Wildman–Crippen LogP) is 10.4. The Kier molecular flexibility index (Phi) is 8.66. The van der Waals surface area contributed by atoms with Crippen molar-refractivity contribution in [2.45, 2.75) is 69.1 Å². The van der Waals surface area contributed by atoms with E-state index in [1.54, 1.807) is 0 Å². The molecular formula is C57H50BNSSi. The molecule has 1 nitrogen and oxygen atoms in total. The first-order valence-electron chi connectivity index (χ1n) is 21.8. The zero-order valence-corrected chi connectivity index (χ0v) is 38.0. The highest BCUT2D eigenvalue weighted by atomic mass is 32.2. The average Bonchev–Trinajstić information content (AvgIpc) is 3.55. The molecule has 0 spiro atoms. The van der Waals surface area contributed by atoms with Crippen molar-refractivity contribution in [1.82, 2.24) is 0 Å². The molecule has 0 bridgehead atoms. The quantitative estimate of drug-likeness (QED) is 0.163. The van der Waals surface area contributed by atoms with E-state index in [1.165, 1.54) is 103 Å². The zero-order valence-electron chi connectivity index (χ0n) is 36.2. The number of aryl methyl sites for hydroxylation is 1. The second-order valence-electron chi connectivity index (χ2n) is 19.4. The normalized spacial score (nSPS) is 14.5. The average molecular weight is 820 g/mol. The molecular weight excluding hydrogens is 770 g/mol. The molecule has 0 radical (unpaired) electrons. The van der Waals surface area contributed by atoms with E-state index in [9.17, 15) is 0 Å². The summed E-state index contributed by atoms with van der Waals surface area (Å²) in [5.41, 5.74) is 17.2. The van der Waals surface area contributed by atoms with Crippen LogP contribution in [0.4, 0.5) is 17.1 Å². The Morgan fingerprint density at radius 3 is 1.74 bits per heavy atom. The van der Waals surface area contributed by atoms with Crippen LogP contribution in [-0.4, -0.2) is 14.8 Å². The lowest BCUT2D eigenvalue weighted by atomic mass is 9.34. The molecule has 61 heavy (non-hydrogen) atoms. The Morgan fingerprint density at radius 2 is 1.07 bits per heavy atom. The summed E-state index contributed by atoms with van der Waals surface area (Å²) >= 11 is 1.95. The molecule has 296 valence electrons. The summed E-state index contributed by atoms with van der Waals surface area (Å²) in [4.78, 5) is 5.37. The van der Waals surface area contributed by atoms with Gasteiger partial charge in [0.05, 0.1) is 5.69 Å². The molecule has 3 aliphatic rings. The van der Waals surface area contributed by atoms with Crippen molar-refractivity contribution in [2.75, 3.05) is 4.90 Å². The van der Waals surface area contributed by atoms with Crippen LogP contribution in [0.25, 0.3) is 22.3 Å². The third-order valence-electron chi connectivity index (χ3n) is 13.5. The van der Waals surface area contributed by atoms with Crippen LogP contribution in [0.2, 0.25) is 0 Å². The highest BCUT2D eigenvalue weighted by Gasteiger charge is 2.51. The summed E-state index contributed by atoms with van der Waals surface area (Å²) < 4.78 is 0. The van der Waals surface area contributed by atoms with Gasteiger partial charge in [-0.05, 0) is 119 Å². The van der Waals surface area contributed by atoms with Gasteiger partial charge in [0.25, 0.3) is 0 Å². The minimum Gasteiger partial charge on any atom is -0.311 e. The lowest BCUT2D eigenvalue weighted by Crippen LogP contribution is -2.73. The van der Waals surface area contributed by atoms with E-state index in [2.05, 4.69) is 229 Å². The highest BCUT2D eigenvalue weighted by molar-refractivity contribution is 8.00. The predicted molar refractivity (Wildman–Crippen MR) is 267 cm³/mol. The molecule has 0 saturated carbocycles. The fourth-order valence-electron chi connectivity index (χ4n) is 10.6. The molecule has 0 amide bonds. The van der Waals surface area contributed by atoms with Gasteiger partial charge in [0, 0.05) is 26.7 Å². The molecule has 3 heterocycles. The summed E-state index contributed by atoms with van der Waals surface area (Å²) in [6.07, 6.45) is 0. The van der Waals surface area contributed by atoms with E-state index < -0.39 is 8.07 Å². The lowest BCUT2D eigenvalue weighted by molar-refractivity contribution is 0.590. The molecule has 0 unspecified atom stereocenters. The van der Waals surface area contributed by atoms with Crippen molar-refractivity contribution in [3.05, 3.63) is 193 Å². The van der Waals surface area contributed by atoms with Gasteiger partial charge in [0.1, 0.15) is 0 Å². The minimum atomic E-state index is -2.77. The Bertz CT molecular complexity index is 3000. The molecule has 8 aromatic carbocycles. The molecule has 0 fully saturated rings. The monoisotopic (exact) mass is 819 g/mol. The van der Waals surface area contributed by atoms with E-state index in [0.29, 0.717) is 0 Å². The summed E-state index contributed by atoms with van der Waals surface area (Å²) in [7, 11) is -2.77. The summed E-state index contributed by atoms with van der Waals surface area (Å²) in [5.74, 6) is 0. The van der Waals surface area contributed by atoms with Gasteiger partial charge < -0.3 is 4.90 Å². The van der Waals surface area contributed by atoms with Crippen molar-refractivity contribution < 1.29 is 0 Å². The van der Waals surface area contributed by atoms with Gasteiger partial charge >= 0.3 is 0 Å². The van der Waals surface area contributed by atoms with Crippen molar-refractivity contribution in [3.8, 4) is 22.3 Å². The standard InChI is InChI=1S/C57H50BNSSi/c1-37-31-50-55-52(32-37)60-51-30-28-40(57(5,6)7)34-47(51)58(55)46-36-54-45(35-49(46)59(50)48-29-27-39(56(2,3)4)33-44(48)38-19-11-8-12-20-38)43-25-17-18-26-53(43)61(54,41-21-13-9-14-22-41)42-23-15-10-16-24-42/h8-36H,1-7H3. The molecule has 0 aliphatic carbocycles. The topological polar surface area (TPSA) is 3.24 Å². The summed E-state index contributed by atoms with van der Waals surface area (Å²) in [5, 5.41) is 5.81. The van der Waals surface area contributed by atoms with Crippen molar-refractivity contribution in [2.24, 2.45) is 0 Å². The molecule has 8 aromatic rings. The van der Waals surface area contributed by atoms with E-state index in [1.807, 2.05) is 11.8 Å². The van der Waals surface area contributed by atoms with Gasteiger partial charge in [0.15, 0.2) is 8.07 Å². The van der Waals surface area contributed by atoms with E-state index in [-0.39, 0.29) is 17.5 Å². The second-order valence-corrected chi connectivity index (χ2v) is 24.2. The van der Waals surface area contributed by atoms with Crippen LogP contribution in [0, 0.1) is 6.92 Å². The molecule has 4 heteroatoms. The third-order valence-corrected chi connectivity index (χ3v) is 19.6. The van der Waals surface area contributed by atoms with Crippen LogP contribution in [0.15, 0.2) is 186 Å². The van der Waals surface area contributed by atoms with Crippen molar-refractivity contribution >= 4 is 80.7 Å². The van der Waals surface area contributed by atoms with Crippen LogP contribution in [0.1, 0.15) is 58.2 Å². The first-order chi connectivity index (χ1) is 29.4. The van der Waals surface area contributed by atoms with E-state index >= 15 is 0 Å². The van der Waals surface area contributed by atoms with Gasteiger partial charge in [-0.15, -0.1) is 0 Å². The molecule has 0 N–H and O–H groups in total. The number of fused-ring (bicyclic) bond motifs is 7. The van der Waals surface area contributed by atoms with Crippen LogP contribution in [0.3, 0.4) is 0 Å². The maximum Gasteiger partial charge on any atom is 0.249 e. The Hall–Kier alpha value is -5.81. The van der Waals surface area contributed by atoms with Gasteiger partial charge in [0.2, 0.25) is 6.71 Å². The first kappa shape index (κ1) is 38.1. The fourth-order valence-corrected chi connectivity index (χ4v) is 17.0. The largest absolute Gasteiger partial charge is 0.311 e. The van der Waals surface area contributed by atoms with Gasteiger partial charge in [-0.1, -0.05) is 198 Å². The number of nitrogens with zero attached hydrogens (tertiary/aromatic N) is 1. The highest BCUT2D eigenvalue weighted by Crippen LogP contribution is 2.47. The van der Waals surface area contributed by atoms with Crippen LogP contribution in [0.5, 0.6) is 0 Å². The van der Waals surface area contributed by atoms with Gasteiger partial charge in [-0.25, -0.2) is 0 Å². The maximum absolute atomic E-state index is 2.77. The van der Waals surface area contributed by atoms with Crippen LogP contribution >= 0.6 is 11.8 Å². The van der Waals surface area contributed by atoms with Crippen molar-refractivity contribution in [1.29, 1.82) is 0 Å². The smallest absolute Gasteiger partial charge is 0.249 e. The van der Waals surface area contributed by atoms with Crippen LogP contribution in [-0.2, 0) is 10.8 Å². The Balaban J connectivity index is 1.30. The fraction of sp³-hybridized carbons (Fsp3) is 0.158. The van der Waals surface area contributed by atoms with Gasteiger partial charge in [-0.3, -0.25) is 0 Å². The lowest BCUT2D eigenvalue weighted by Gasteiger charge is -2.42. The summed E-state index contributed by atoms with van der Waals surface area (Å²) in [6.45, 7) is 16.4. The maximum atomic E-state index is 2.70. The number of benzene rings is 8. The molecule has 0 aromatic heterocycles. The number of hydrogen-bond acceptors (Lipinski definition) is 2. The second kappa shape index (κ2) is 13.9. The molecule has 0 saturated heterocycles. The van der Waals surface area contributed by atoms with E-state index in [4.69, 9.17) is 0 Å². The third kappa shape index (κ3) is 5.83. The van der Waals surface area contributed by atoms with Crippen molar-refractivity contribution in [3.63, 3.8) is 0 Å². The van der Waals surface area contributed by atoms with Crippen LogP contribution < -0.4 is 42.0 Å². The number of anilines is 3. The van der Waals surface area contributed by atoms with Gasteiger partial charge in [-0.2, -0.15) is 0 Å². The SMILES string of the molecule is Cc1cc2c3c(c1)N(c1ccc(C(C)(C)C)cc1-c1ccccc1)c1cc4c(cc1B3c1cc(C(C)(C)C)ccc1S2)[Si](c1ccccc1)(c1ccccc1)c1ccccc1-4. The number of hydrogen-bond donors (Lipinski definition) is 0. The Labute approximate surface area is 367 Å². The Morgan fingerprint density at radius 1 is 0.459 bits per heavy atom. The molecule has 0 atom stereocenters. The number of rotatable bonds is 4. The van der Waals surface area contributed by atoms with E-state index in [0.717, 1.165) is 0 Å². The first-order valence-corrected chi connectivity index (χ1v) is 24.6.